The van der Waals surface area contributed by atoms with Gasteiger partial charge in [0.15, 0.2) is 5.84 Å². The topological polar surface area (TPSA) is 90.9 Å². The summed E-state index contributed by atoms with van der Waals surface area (Å²) in [5, 5.41) is 7.69. The molecule has 0 unspecified atom stereocenters. The van der Waals surface area contributed by atoms with E-state index in [-0.39, 0.29) is 0 Å². The van der Waals surface area contributed by atoms with Crippen molar-refractivity contribution in [3.05, 3.63) is 76.4 Å². The van der Waals surface area contributed by atoms with Crippen LogP contribution < -0.4 is 16.8 Å². The summed E-state index contributed by atoms with van der Waals surface area (Å²) in [6.45, 7) is 2.07. The number of hydrogen-bond donors (Lipinski definition) is 3. The lowest BCUT2D eigenvalue weighted by Crippen LogP contribution is -2.46. The van der Waals surface area contributed by atoms with Crippen molar-refractivity contribution in [2.45, 2.75) is 6.92 Å². The molecule has 0 aliphatic carbocycles. The summed E-state index contributed by atoms with van der Waals surface area (Å²) in [4.78, 5) is 9.09. The smallest absolute Gasteiger partial charge is 0.213 e. The normalized spacial score (nSPS) is 16.0. The van der Waals surface area contributed by atoms with E-state index < -0.39 is 0 Å². The number of benzene rings is 2. The van der Waals surface area contributed by atoms with Crippen molar-refractivity contribution in [1.82, 2.24) is 21.1 Å². The number of nitrogens with two attached hydrogens (primary N) is 1. The molecule has 4 N–H and O–H groups in total. The molecule has 0 amide bonds. The van der Waals surface area contributed by atoms with Gasteiger partial charge in [-0.3, -0.25) is 4.98 Å². The number of aliphatic imine (C=N–C) groups is 1. The van der Waals surface area contributed by atoms with Crippen molar-refractivity contribution >= 4 is 45.6 Å². The summed E-state index contributed by atoms with van der Waals surface area (Å²) in [7, 11) is 0. The first-order valence-corrected chi connectivity index (χ1v) is 9.08. The predicted molar refractivity (Wildman–Crippen MR) is 112 cm³/mol. The molecular formula is C20H16ClN7. The van der Waals surface area contributed by atoms with E-state index in [1.54, 1.807) is 5.01 Å². The van der Waals surface area contributed by atoms with Crippen LogP contribution in [-0.4, -0.2) is 21.7 Å². The van der Waals surface area contributed by atoms with Crippen LogP contribution in [0.3, 0.4) is 0 Å². The predicted octanol–water partition coefficient (Wildman–Crippen LogP) is 3.03. The van der Waals surface area contributed by atoms with E-state index in [0.717, 1.165) is 33.3 Å². The van der Waals surface area contributed by atoms with Gasteiger partial charge in [0.05, 0.1) is 16.9 Å². The van der Waals surface area contributed by atoms with E-state index in [0.29, 0.717) is 22.4 Å². The van der Waals surface area contributed by atoms with Crippen molar-refractivity contribution in [3.8, 4) is 0 Å². The highest BCUT2D eigenvalue weighted by atomic mass is 35.5. The fraction of sp³-hybridized carbons (Fsp3) is 0.0500. The minimum Gasteiger partial charge on any atom is -0.380 e. The van der Waals surface area contributed by atoms with Crippen LogP contribution in [0.15, 0.2) is 64.8 Å². The van der Waals surface area contributed by atoms with E-state index in [4.69, 9.17) is 17.3 Å². The number of aromatic nitrogens is 1. The highest BCUT2D eigenvalue weighted by Crippen LogP contribution is 2.35. The quantitative estimate of drug-likeness (QED) is 0.626. The van der Waals surface area contributed by atoms with Crippen LogP contribution in [0.5, 0.6) is 0 Å². The minimum atomic E-state index is 0.315. The maximum atomic E-state index is 6.23. The van der Waals surface area contributed by atoms with Gasteiger partial charge in [-0.2, -0.15) is 0 Å². The first kappa shape index (κ1) is 16.7. The average molecular weight is 390 g/mol. The third kappa shape index (κ3) is 2.60. The summed E-state index contributed by atoms with van der Waals surface area (Å²) >= 11 is 6.23. The molecule has 138 valence electrons. The van der Waals surface area contributed by atoms with Gasteiger partial charge in [0, 0.05) is 27.7 Å². The van der Waals surface area contributed by atoms with Gasteiger partial charge in [-0.05, 0) is 42.8 Å². The van der Waals surface area contributed by atoms with Crippen LogP contribution in [0.25, 0.3) is 22.3 Å². The molecule has 0 spiro atoms. The van der Waals surface area contributed by atoms with E-state index >= 15 is 0 Å². The van der Waals surface area contributed by atoms with Gasteiger partial charge < -0.3 is 5.73 Å². The van der Waals surface area contributed by atoms with Crippen molar-refractivity contribution < 1.29 is 0 Å². The van der Waals surface area contributed by atoms with Crippen molar-refractivity contribution in [2.75, 3.05) is 0 Å². The van der Waals surface area contributed by atoms with Gasteiger partial charge in [0.25, 0.3) is 0 Å². The van der Waals surface area contributed by atoms with E-state index in [1.165, 1.54) is 0 Å². The molecule has 1 aromatic heterocycles. The molecule has 0 atom stereocenters. The lowest BCUT2D eigenvalue weighted by molar-refractivity contribution is 0.399. The third-order valence-corrected chi connectivity index (χ3v) is 5.01. The second kappa shape index (κ2) is 6.33. The number of hydrazone groups is 1. The number of hydrogen-bond acceptors (Lipinski definition) is 7. The van der Waals surface area contributed by atoms with Crippen LogP contribution in [0.4, 0.5) is 0 Å². The van der Waals surface area contributed by atoms with Gasteiger partial charge >= 0.3 is 0 Å². The number of hydrazine groups is 2. The number of amidine groups is 2. The Morgan fingerprint density at radius 2 is 1.96 bits per heavy atom. The maximum absolute atomic E-state index is 6.23. The fourth-order valence-corrected chi connectivity index (χ4v) is 3.62. The van der Waals surface area contributed by atoms with Crippen molar-refractivity contribution in [3.63, 3.8) is 0 Å². The molecule has 2 aliphatic rings. The van der Waals surface area contributed by atoms with E-state index in [1.807, 2.05) is 48.7 Å². The van der Waals surface area contributed by atoms with Gasteiger partial charge in [-0.1, -0.05) is 29.8 Å². The highest BCUT2D eigenvalue weighted by molar-refractivity contribution is 6.43. The standard InChI is InChI=1S/C20H16ClN7/c1-11-7-8-23-16-6-5-13(10-15(11)16)18-17(12-3-2-4-14(21)9-12)24-19(22)20-25-26-27-28(18)20/h2-10,26-27H,1H3,(H2,22,24). The Labute approximate surface area is 166 Å². The van der Waals surface area contributed by atoms with Crippen LogP contribution >= 0.6 is 11.6 Å². The van der Waals surface area contributed by atoms with Gasteiger partial charge in [0.1, 0.15) is 0 Å². The Hall–Kier alpha value is -3.42. The number of pyridine rings is 1. The SMILES string of the molecule is Cc1ccnc2ccc(C3=C(c4cccc(Cl)c4)N=C(N)C4=NNNN43)cc12. The monoisotopic (exact) mass is 389 g/mol. The average Bonchev–Trinajstić information content (AvgIpc) is 3.18. The molecule has 8 heteroatoms. The van der Waals surface area contributed by atoms with E-state index in [9.17, 15) is 0 Å². The molecule has 2 aliphatic heterocycles. The lowest BCUT2D eigenvalue weighted by Gasteiger charge is -2.28. The fourth-order valence-electron chi connectivity index (χ4n) is 3.43. The Balaban J connectivity index is 1.80. The molecule has 3 heterocycles. The van der Waals surface area contributed by atoms with Gasteiger partial charge in [-0.25, -0.2) is 15.5 Å². The van der Waals surface area contributed by atoms with E-state index in [2.05, 4.69) is 39.1 Å². The third-order valence-electron chi connectivity index (χ3n) is 4.78. The Kier molecular flexibility index (Phi) is 3.78. The Morgan fingerprint density at radius 3 is 2.82 bits per heavy atom. The first-order chi connectivity index (χ1) is 13.6. The molecular weight excluding hydrogens is 374 g/mol. The zero-order valence-electron chi connectivity index (χ0n) is 14.9. The second-order valence-corrected chi connectivity index (χ2v) is 7.00. The molecule has 2 aromatic carbocycles. The summed E-state index contributed by atoms with van der Waals surface area (Å²) < 4.78 is 0. The van der Waals surface area contributed by atoms with Crippen LogP contribution in [0, 0.1) is 6.92 Å². The van der Waals surface area contributed by atoms with Crippen LogP contribution in [0.1, 0.15) is 16.7 Å². The number of nitrogens with zero attached hydrogens (tertiary/aromatic N) is 4. The zero-order chi connectivity index (χ0) is 19.3. The highest BCUT2D eigenvalue weighted by Gasteiger charge is 2.32. The van der Waals surface area contributed by atoms with Gasteiger partial charge in [0.2, 0.25) is 5.84 Å². The van der Waals surface area contributed by atoms with Crippen molar-refractivity contribution in [1.29, 1.82) is 0 Å². The molecule has 3 aromatic rings. The number of aryl methyl sites for hydroxylation is 1. The number of nitrogens with one attached hydrogen (secondary N) is 2. The molecule has 5 rings (SSSR count). The summed E-state index contributed by atoms with van der Waals surface area (Å²) in [6.07, 6.45) is 1.82. The molecule has 0 radical (unpaired) electrons. The molecule has 0 fully saturated rings. The largest absolute Gasteiger partial charge is 0.380 e. The number of rotatable bonds is 2. The summed E-state index contributed by atoms with van der Waals surface area (Å²) in [6, 6.07) is 15.7. The Morgan fingerprint density at radius 1 is 1.07 bits per heavy atom. The molecule has 0 saturated carbocycles. The molecule has 0 saturated heterocycles. The second-order valence-electron chi connectivity index (χ2n) is 6.56. The minimum absolute atomic E-state index is 0.315. The lowest BCUT2D eigenvalue weighted by atomic mass is 10.00. The number of halogens is 1. The number of fused-ring (bicyclic) bond motifs is 2. The van der Waals surface area contributed by atoms with Crippen LogP contribution in [-0.2, 0) is 0 Å². The summed E-state index contributed by atoms with van der Waals surface area (Å²) in [5.41, 5.74) is 17.4. The van der Waals surface area contributed by atoms with Gasteiger partial charge in [-0.15, -0.1) is 10.6 Å². The zero-order valence-corrected chi connectivity index (χ0v) is 15.7. The Bertz CT molecular complexity index is 1210. The molecule has 0 bridgehead atoms. The molecule has 28 heavy (non-hydrogen) atoms. The summed E-state index contributed by atoms with van der Waals surface area (Å²) in [5.74, 6) is 0.832. The maximum Gasteiger partial charge on any atom is 0.213 e. The molecule has 7 nitrogen and oxygen atoms in total. The van der Waals surface area contributed by atoms with Crippen LogP contribution in [0.2, 0.25) is 5.02 Å². The first-order valence-electron chi connectivity index (χ1n) is 8.71. The van der Waals surface area contributed by atoms with Crippen molar-refractivity contribution in [2.24, 2.45) is 15.8 Å².